The van der Waals surface area contributed by atoms with Crippen molar-refractivity contribution in [3.8, 4) is 0 Å². The van der Waals surface area contributed by atoms with Crippen molar-refractivity contribution >= 4 is 16.9 Å². The maximum Gasteiger partial charge on any atom is 0.337 e. The molecule has 0 saturated carbocycles. The number of alkyl halides is 2. The van der Waals surface area contributed by atoms with E-state index in [0.717, 1.165) is 22.2 Å². The molecule has 0 saturated heterocycles. The summed E-state index contributed by atoms with van der Waals surface area (Å²) >= 11 is 0. The molecule has 0 N–H and O–H groups in total. The molecule has 0 spiro atoms. The first-order valence-electron chi connectivity index (χ1n) is 8.74. The molecule has 0 unspecified atom stereocenters. The topological polar surface area (TPSA) is 52.1 Å². The summed E-state index contributed by atoms with van der Waals surface area (Å²) in [5.74, 6) is -0.414. The van der Waals surface area contributed by atoms with E-state index < -0.39 is 12.4 Å². The Morgan fingerprint density at radius 2 is 1.81 bits per heavy atom. The van der Waals surface area contributed by atoms with E-state index >= 15 is 0 Å². The molecule has 142 valence electrons. The van der Waals surface area contributed by atoms with E-state index in [1.807, 2.05) is 32.0 Å². The lowest BCUT2D eigenvalue weighted by molar-refractivity contribution is 0.0600. The molecule has 0 fully saturated rings. The molecule has 3 rings (SSSR count). The summed E-state index contributed by atoms with van der Waals surface area (Å²) in [6.07, 6.45) is 0.851. The number of rotatable bonds is 5. The minimum Gasteiger partial charge on any atom is -0.465 e. The Balaban J connectivity index is 0.00000126. The molecular weight excluding hydrogens is 350 g/mol. The number of esters is 1. The Labute approximate surface area is 157 Å². The van der Waals surface area contributed by atoms with Crippen LogP contribution in [-0.2, 0) is 17.6 Å². The highest BCUT2D eigenvalue weighted by Crippen LogP contribution is 2.19. The van der Waals surface area contributed by atoms with E-state index in [-0.39, 0.29) is 6.42 Å². The predicted molar refractivity (Wildman–Crippen MR) is 101 cm³/mol. The van der Waals surface area contributed by atoms with Gasteiger partial charge in [0.15, 0.2) is 0 Å². The van der Waals surface area contributed by atoms with E-state index in [0.29, 0.717) is 17.5 Å². The number of hydrogen-bond donors (Lipinski definition) is 0. The van der Waals surface area contributed by atoms with Crippen molar-refractivity contribution in [1.82, 2.24) is 9.97 Å². The van der Waals surface area contributed by atoms with Gasteiger partial charge in [-0.15, -0.1) is 0 Å². The normalized spacial score (nSPS) is 10.4. The van der Waals surface area contributed by atoms with Crippen LogP contribution in [0, 0.1) is 0 Å². The van der Waals surface area contributed by atoms with Gasteiger partial charge in [-0.05, 0) is 41.5 Å². The highest BCUT2D eigenvalue weighted by Gasteiger charge is 2.09. The highest BCUT2D eigenvalue weighted by atomic mass is 19.3. The van der Waals surface area contributed by atoms with Gasteiger partial charge in [0.1, 0.15) is 0 Å². The van der Waals surface area contributed by atoms with Gasteiger partial charge in [-0.2, -0.15) is 0 Å². The zero-order chi connectivity index (χ0) is 19.8. The molecule has 1 aromatic carbocycles. The fraction of sp³-hybridized carbons (Fsp3) is 0.286. The number of hydrogen-bond acceptors (Lipinski definition) is 4. The first-order chi connectivity index (χ1) is 13.0. The number of aromatic nitrogens is 2. The summed E-state index contributed by atoms with van der Waals surface area (Å²) in [5.41, 5.74) is 3.37. The van der Waals surface area contributed by atoms with Crippen LogP contribution >= 0.6 is 0 Å². The second kappa shape index (κ2) is 9.71. The van der Waals surface area contributed by atoms with Crippen molar-refractivity contribution in [3.63, 3.8) is 0 Å². The van der Waals surface area contributed by atoms with Crippen molar-refractivity contribution in [2.45, 2.75) is 33.1 Å². The van der Waals surface area contributed by atoms with Crippen LogP contribution in [0.25, 0.3) is 10.9 Å². The Morgan fingerprint density at radius 3 is 2.52 bits per heavy atom. The molecule has 0 aliphatic heterocycles. The lowest BCUT2D eigenvalue weighted by Gasteiger charge is -2.07. The van der Waals surface area contributed by atoms with Gasteiger partial charge in [-0.25, -0.2) is 13.6 Å². The Kier molecular flexibility index (Phi) is 7.34. The third-order valence-corrected chi connectivity index (χ3v) is 3.82. The van der Waals surface area contributed by atoms with E-state index in [1.165, 1.54) is 13.3 Å². The summed E-state index contributed by atoms with van der Waals surface area (Å²) in [4.78, 5) is 20.1. The smallest absolute Gasteiger partial charge is 0.337 e. The molecule has 4 nitrogen and oxygen atoms in total. The van der Waals surface area contributed by atoms with E-state index in [2.05, 4.69) is 9.97 Å². The number of pyridine rings is 2. The summed E-state index contributed by atoms with van der Waals surface area (Å²) in [6, 6.07) is 10.7. The number of carbonyl (C=O) groups excluding carboxylic acids is 1. The SMILES string of the molecule is CC.COC(=O)c1ccnc(Cc2ccc3ncc(CC(F)F)cc3c2)c1. The van der Waals surface area contributed by atoms with Crippen molar-refractivity contribution in [1.29, 1.82) is 0 Å². The number of ether oxygens (including phenoxy) is 1. The van der Waals surface area contributed by atoms with Gasteiger partial charge in [-0.3, -0.25) is 9.97 Å². The van der Waals surface area contributed by atoms with Crippen LogP contribution in [0.3, 0.4) is 0 Å². The lowest BCUT2D eigenvalue weighted by atomic mass is 10.0. The van der Waals surface area contributed by atoms with Gasteiger partial charge in [0.05, 0.1) is 18.2 Å². The van der Waals surface area contributed by atoms with Crippen LogP contribution in [0.4, 0.5) is 8.78 Å². The Hall–Kier alpha value is -2.89. The van der Waals surface area contributed by atoms with Crippen LogP contribution < -0.4 is 0 Å². The molecule has 0 atom stereocenters. The lowest BCUT2D eigenvalue weighted by Crippen LogP contribution is -2.03. The third kappa shape index (κ3) is 5.54. The fourth-order valence-corrected chi connectivity index (χ4v) is 2.66. The Morgan fingerprint density at radius 1 is 1.07 bits per heavy atom. The molecule has 0 amide bonds. The summed E-state index contributed by atoms with van der Waals surface area (Å²) in [7, 11) is 1.33. The van der Waals surface area contributed by atoms with Gasteiger partial charge >= 0.3 is 5.97 Å². The second-order valence-electron chi connectivity index (χ2n) is 5.67. The quantitative estimate of drug-likeness (QED) is 0.601. The van der Waals surface area contributed by atoms with Gasteiger partial charge in [0.2, 0.25) is 6.43 Å². The molecule has 3 aromatic rings. The third-order valence-electron chi connectivity index (χ3n) is 3.82. The first-order valence-corrected chi connectivity index (χ1v) is 8.74. The predicted octanol–water partition coefficient (Wildman–Crippen LogP) is 4.84. The molecule has 0 aliphatic rings. The number of methoxy groups -OCH3 is 1. The van der Waals surface area contributed by atoms with Crippen LogP contribution in [-0.4, -0.2) is 29.5 Å². The van der Waals surface area contributed by atoms with Crippen molar-refractivity contribution in [2.24, 2.45) is 0 Å². The largest absolute Gasteiger partial charge is 0.465 e. The average Bonchev–Trinajstić information content (AvgIpc) is 2.68. The number of nitrogens with zero attached hydrogens (tertiary/aromatic N) is 2. The number of fused-ring (bicyclic) bond motifs is 1. The van der Waals surface area contributed by atoms with E-state index in [9.17, 15) is 13.6 Å². The van der Waals surface area contributed by atoms with Gasteiger partial charge in [0.25, 0.3) is 0 Å². The molecule has 0 bridgehead atoms. The highest BCUT2D eigenvalue weighted by molar-refractivity contribution is 5.89. The number of halogens is 2. The minimum atomic E-state index is -2.40. The van der Waals surface area contributed by atoms with E-state index in [4.69, 9.17) is 4.74 Å². The molecule has 0 aliphatic carbocycles. The first kappa shape index (κ1) is 20.4. The maximum absolute atomic E-state index is 12.5. The standard InChI is InChI=1S/C19H16F2N2O2.C2H6/c1-25-19(24)14-4-5-22-16(10-14)8-12-2-3-17-15(6-12)7-13(11-23-17)9-18(20)21;1-2/h2-7,10-11,18H,8-9H2,1H3;1-2H3. The number of benzene rings is 1. The number of carbonyl (C=O) groups is 1. The van der Waals surface area contributed by atoms with E-state index in [1.54, 1.807) is 24.4 Å². The van der Waals surface area contributed by atoms with Crippen LogP contribution in [0.15, 0.2) is 48.8 Å². The molecular formula is C21H22F2N2O2. The van der Waals surface area contributed by atoms with Crippen molar-refractivity contribution in [3.05, 3.63) is 71.2 Å². The Bertz CT molecular complexity index is 914. The maximum atomic E-state index is 12.5. The van der Waals surface area contributed by atoms with Crippen molar-refractivity contribution in [2.75, 3.05) is 7.11 Å². The monoisotopic (exact) mass is 372 g/mol. The van der Waals surface area contributed by atoms with Gasteiger partial charge in [-0.1, -0.05) is 19.9 Å². The fourth-order valence-electron chi connectivity index (χ4n) is 2.66. The molecule has 2 heterocycles. The summed E-state index contributed by atoms with van der Waals surface area (Å²) in [5, 5.41) is 0.805. The minimum absolute atomic E-state index is 0.310. The van der Waals surface area contributed by atoms with Crippen LogP contribution in [0.1, 0.15) is 41.0 Å². The second-order valence-corrected chi connectivity index (χ2v) is 5.67. The summed E-state index contributed by atoms with van der Waals surface area (Å²) < 4.78 is 29.8. The van der Waals surface area contributed by atoms with Crippen LogP contribution in [0.5, 0.6) is 0 Å². The van der Waals surface area contributed by atoms with Crippen LogP contribution in [0.2, 0.25) is 0 Å². The van der Waals surface area contributed by atoms with Gasteiger partial charge < -0.3 is 4.74 Å². The zero-order valence-electron chi connectivity index (χ0n) is 15.6. The molecule has 2 aromatic heterocycles. The molecule has 6 heteroatoms. The molecule has 0 radical (unpaired) electrons. The molecule has 27 heavy (non-hydrogen) atoms. The summed E-state index contributed by atoms with van der Waals surface area (Å²) in [6.45, 7) is 4.00. The van der Waals surface area contributed by atoms with Gasteiger partial charge in [0, 0.05) is 36.3 Å². The zero-order valence-corrected chi connectivity index (χ0v) is 15.6. The average molecular weight is 372 g/mol. The van der Waals surface area contributed by atoms with Crippen molar-refractivity contribution < 1.29 is 18.3 Å².